The molecule has 0 bridgehead atoms. The van der Waals surface area contributed by atoms with Crippen LogP contribution in [0.5, 0.6) is 0 Å². The molecule has 1 N–H and O–H groups in total. The molecule has 0 aliphatic carbocycles. The minimum atomic E-state index is -1.27. The van der Waals surface area contributed by atoms with E-state index in [1.54, 1.807) is 0 Å². The minimum Gasteiger partial charge on any atom is -0.478 e. The van der Waals surface area contributed by atoms with Crippen LogP contribution in [0.1, 0.15) is 109 Å². The van der Waals surface area contributed by atoms with Crippen LogP contribution < -0.4 is 0 Å². The molecule has 1 rings (SSSR count). The van der Waals surface area contributed by atoms with Gasteiger partial charge >= 0.3 is 11.9 Å². The Morgan fingerprint density at radius 1 is 0.812 bits per heavy atom. The van der Waals surface area contributed by atoms with E-state index < -0.39 is 24.1 Å². The smallest absolute Gasteiger partial charge is 0.347 e. The first-order valence-electron chi connectivity index (χ1n) is 12.6. The molecule has 0 heterocycles. The Kier molecular flexibility index (Phi) is 16.4. The van der Waals surface area contributed by atoms with Crippen LogP contribution in [-0.4, -0.2) is 29.3 Å². The van der Waals surface area contributed by atoms with Gasteiger partial charge in [-0.15, -0.1) is 0 Å². The highest BCUT2D eigenvalue weighted by molar-refractivity contribution is 5.77. The average Bonchev–Trinajstić information content (AvgIpc) is 2.78. The molecule has 0 spiro atoms. The van der Waals surface area contributed by atoms with Crippen molar-refractivity contribution in [1.82, 2.24) is 0 Å². The first-order chi connectivity index (χ1) is 15.5. The number of carboxylic acids is 1. The van der Waals surface area contributed by atoms with E-state index in [9.17, 15) is 14.7 Å². The molecule has 2 atom stereocenters. The molecule has 0 fully saturated rings. The summed E-state index contributed by atoms with van der Waals surface area (Å²) in [6, 6.07) is 9.63. The Hall–Kier alpha value is -1.88. The van der Waals surface area contributed by atoms with E-state index in [-0.39, 0.29) is 0 Å². The summed E-state index contributed by atoms with van der Waals surface area (Å²) in [6.07, 6.45) is 15.0. The first kappa shape index (κ1) is 28.2. The second kappa shape index (κ2) is 18.7. The summed E-state index contributed by atoms with van der Waals surface area (Å²) >= 11 is 0. The number of unbranched alkanes of at least 4 members (excludes halogenated alkanes) is 12. The van der Waals surface area contributed by atoms with Crippen molar-refractivity contribution in [3.63, 3.8) is 0 Å². The summed E-state index contributed by atoms with van der Waals surface area (Å²) in [4.78, 5) is 23.0. The molecule has 0 aliphatic heterocycles. The van der Waals surface area contributed by atoms with Crippen molar-refractivity contribution in [1.29, 1.82) is 0 Å². The number of benzene rings is 1. The standard InChI is InChI=1S/C27H44O5/c1-3-4-5-6-7-8-9-10-11-12-13-14-18-21-25(26(27(29)30)32-23(2)28)31-22-24-19-16-15-17-20-24/h15-17,19-20,25-26H,3-14,18,21-22H2,1-2H3,(H,29,30). The summed E-state index contributed by atoms with van der Waals surface area (Å²) in [7, 11) is 0. The predicted molar refractivity (Wildman–Crippen MR) is 129 cm³/mol. The maximum Gasteiger partial charge on any atom is 0.347 e. The molecule has 0 amide bonds. The molecular formula is C27H44O5. The molecule has 1 aromatic rings. The fourth-order valence-electron chi connectivity index (χ4n) is 3.93. The lowest BCUT2D eigenvalue weighted by Gasteiger charge is -2.24. The van der Waals surface area contributed by atoms with Crippen molar-refractivity contribution < 1.29 is 24.2 Å². The number of carbonyl (C=O) groups is 2. The third-order valence-corrected chi connectivity index (χ3v) is 5.77. The Bertz CT molecular complexity index is 601. The Morgan fingerprint density at radius 2 is 1.31 bits per heavy atom. The van der Waals surface area contributed by atoms with Gasteiger partial charge in [0.15, 0.2) is 0 Å². The lowest BCUT2D eigenvalue weighted by atomic mass is 10.0. The van der Waals surface area contributed by atoms with Crippen LogP contribution in [0.15, 0.2) is 30.3 Å². The molecule has 0 saturated heterocycles. The van der Waals surface area contributed by atoms with Crippen molar-refractivity contribution in [2.75, 3.05) is 0 Å². The van der Waals surface area contributed by atoms with Gasteiger partial charge in [0.2, 0.25) is 6.10 Å². The van der Waals surface area contributed by atoms with Crippen molar-refractivity contribution in [2.45, 2.75) is 123 Å². The lowest BCUT2D eigenvalue weighted by Crippen LogP contribution is -2.39. The van der Waals surface area contributed by atoms with E-state index >= 15 is 0 Å². The maximum atomic E-state index is 11.7. The second-order valence-corrected chi connectivity index (χ2v) is 8.73. The highest BCUT2D eigenvalue weighted by Gasteiger charge is 2.31. The zero-order chi connectivity index (χ0) is 23.4. The van der Waals surface area contributed by atoms with Crippen LogP contribution in [-0.2, 0) is 25.7 Å². The van der Waals surface area contributed by atoms with Gasteiger partial charge < -0.3 is 14.6 Å². The number of esters is 1. The monoisotopic (exact) mass is 448 g/mol. The van der Waals surface area contributed by atoms with Gasteiger partial charge in [0.05, 0.1) is 6.61 Å². The predicted octanol–water partition coefficient (Wildman–Crippen LogP) is 7.07. The van der Waals surface area contributed by atoms with E-state index in [0.29, 0.717) is 13.0 Å². The SMILES string of the molecule is CCCCCCCCCCCCCCCC(OCc1ccccc1)C(OC(C)=O)C(=O)O. The van der Waals surface area contributed by atoms with Gasteiger partial charge in [-0.1, -0.05) is 121 Å². The fraction of sp³-hybridized carbons (Fsp3) is 0.704. The van der Waals surface area contributed by atoms with Gasteiger partial charge in [0.25, 0.3) is 0 Å². The Labute approximate surface area is 194 Å². The molecule has 182 valence electrons. The molecule has 0 aliphatic rings. The summed E-state index contributed by atoms with van der Waals surface area (Å²) in [6.45, 7) is 3.78. The lowest BCUT2D eigenvalue weighted by molar-refractivity contribution is -0.174. The van der Waals surface area contributed by atoms with E-state index in [0.717, 1.165) is 24.8 Å². The highest BCUT2D eigenvalue weighted by atomic mass is 16.6. The number of carboxylic acid groups (broad SMARTS) is 1. The van der Waals surface area contributed by atoms with Crippen molar-refractivity contribution in [3.05, 3.63) is 35.9 Å². The van der Waals surface area contributed by atoms with Crippen LogP contribution in [0, 0.1) is 0 Å². The van der Waals surface area contributed by atoms with Gasteiger partial charge in [-0.3, -0.25) is 4.79 Å². The van der Waals surface area contributed by atoms with Crippen LogP contribution in [0.4, 0.5) is 0 Å². The van der Waals surface area contributed by atoms with E-state index in [2.05, 4.69) is 6.92 Å². The van der Waals surface area contributed by atoms with Crippen molar-refractivity contribution >= 4 is 11.9 Å². The molecule has 0 aromatic heterocycles. The van der Waals surface area contributed by atoms with Crippen LogP contribution >= 0.6 is 0 Å². The van der Waals surface area contributed by atoms with E-state index in [1.807, 2.05) is 30.3 Å². The fourth-order valence-corrected chi connectivity index (χ4v) is 3.93. The molecule has 5 heteroatoms. The van der Waals surface area contributed by atoms with Gasteiger partial charge in [0.1, 0.15) is 6.10 Å². The Morgan fingerprint density at radius 3 is 1.78 bits per heavy atom. The molecule has 2 unspecified atom stereocenters. The number of hydrogen-bond acceptors (Lipinski definition) is 4. The van der Waals surface area contributed by atoms with Crippen LogP contribution in [0.2, 0.25) is 0 Å². The molecule has 32 heavy (non-hydrogen) atoms. The zero-order valence-electron chi connectivity index (χ0n) is 20.2. The van der Waals surface area contributed by atoms with Gasteiger partial charge in [0, 0.05) is 6.92 Å². The van der Waals surface area contributed by atoms with Crippen LogP contribution in [0.25, 0.3) is 0 Å². The topological polar surface area (TPSA) is 72.8 Å². The minimum absolute atomic E-state index is 0.301. The number of aliphatic carboxylic acids is 1. The van der Waals surface area contributed by atoms with Gasteiger partial charge in [-0.2, -0.15) is 0 Å². The quantitative estimate of drug-likeness (QED) is 0.171. The third kappa shape index (κ3) is 14.2. The Balaban J connectivity index is 2.27. The number of ether oxygens (including phenoxy) is 2. The molecule has 1 aromatic carbocycles. The maximum absolute atomic E-state index is 11.7. The highest BCUT2D eigenvalue weighted by Crippen LogP contribution is 2.18. The summed E-state index contributed by atoms with van der Waals surface area (Å²) in [5.74, 6) is -1.76. The molecule has 0 radical (unpaired) electrons. The zero-order valence-corrected chi connectivity index (χ0v) is 20.2. The first-order valence-corrected chi connectivity index (χ1v) is 12.6. The number of carbonyl (C=O) groups excluding carboxylic acids is 1. The largest absolute Gasteiger partial charge is 0.478 e. The van der Waals surface area contributed by atoms with Crippen molar-refractivity contribution in [3.8, 4) is 0 Å². The van der Waals surface area contributed by atoms with Crippen LogP contribution in [0.3, 0.4) is 0 Å². The number of rotatable bonds is 20. The summed E-state index contributed by atoms with van der Waals surface area (Å²) in [5.41, 5.74) is 0.967. The van der Waals surface area contributed by atoms with Gasteiger partial charge in [-0.25, -0.2) is 4.79 Å². The third-order valence-electron chi connectivity index (χ3n) is 5.77. The van der Waals surface area contributed by atoms with Gasteiger partial charge in [-0.05, 0) is 12.0 Å². The normalized spacial score (nSPS) is 12.9. The molecule has 0 saturated carbocycles. The summed E-state index contributed by atoms with van der Waals surface area (Å²) < 4.78 is 11.0. The van der Waals surface area contributed by atoms with E-state index in [1.165, 1.54) is 71.1 Å². The van der Waals surface area contributed by atoms with Crippen molar-refractivity contribution in [2.24, 2.45) is 0 Å². The average molecular weight is 449 g/mol. The second-order valence-electron chi connectivity index (χ2n) is 8.73. The van der Waals surface area contributed by atoms with E-state index in [4.69, 9.17) is 9.47 Å². The molecule has 5 nitrogen and oxygen atoms in total. The molecular weight excluding hydrogens is 404 g/mol. The summed E-state index contributed by atoms with van der Waals surface area (Å²) in [5, 5.41) is 9.54. The number of hydrogen-bond donors (Lipinski definition) is 1.